The van der Waals surface area contributed by atoms with Gasteiger partial charge in [0.1, 0.15) is 5.82 Å². The van der Waals surface area contributed by atoms with Gasteiger partial charge in [0.25, 0.3) is 0 Å². The monoisotopic (exact) mass is 309 g/mol. The summed E-state index contributed by atoms with van der Waals surface area (Å²) in [6, 6.07) is 18.7. The molecule has 0 aliphatic heterocycles. The largest absolute Gasteiger partial charge is 0.369 e. The highest BCUT2D eigenvalue weighted by Crippen LogP contribution is 2.24. The van der Waals surface area contributed by atoms with Crippen molar-refractivity contribution in [3.8, 4) is 0 Å². The number of thioether (sulfide) groups is 1. The molecule has 3 rings (SSSR count). The van der Waals surface area contributed by atoms with Gasteiger partial charge in [0.15, 0.2) is 5.16 Å². The summed E-state index contributed by atoms with van der Waals surface area (Å²) in [6.07, 6.45) is 0.982. The first-order chi connectivity index (χ1) is 10.9. The van der Waals surface area contributed by atoms with Crippen LogP contribution in [0.4, 0.5) is 5.82 Å². The summed E-state index contributed by atoms with van der Waals surface area (Å²) in [4.78, 5) is 9.27. The fourth-order valence-electron chi connectivity index (χ4n) is 2.35. The van der Waals surface area contributed by atoms with Gasteiger partial charge in [-0.2, -0.15) is 0 Å². The molecule has 2 aromatic carbocycles. The predicted octanol–water partition coefficient (Wildman–Crippen LogP) is 4.40. The van der Waals surface area contributed by atoms with E-state index < -0.39 is 0 Å². The van der Waals surface area contributed by atoms with Crippen molar-refractivity contribution in [2.24, 2.45) is 0 Å². The zero-order chi connectivity index (χ0) is 15.2. The van der Waals surface area contributed by atoms with Crippen LogP contribution in [0.15, 0.2) is 59.8 Å². The molecule has 0 saturated carbocycles. The molecule has 0 radical (unpaired) electrons. The Kier molecular flexibility index (Phi) is 4.91. The van der Waals surface area contributed by atoms with Gasteiger partial charge >= 0.3 is 0 Å². The van der Waals surface area contributed by atoms with Crippen molar-refractivity contribution in [3.05, 3.63) is 60.2 Å². The van der Waals surface area contributed by atoms with Crippen LogP contribution in [0.1, 0.15) is 12.5 Å². The van der Waals surface area contributed by atoms with Gasteiger partial charge < -0.3 is 5.32 Å². The molecule has 0 aliphatic carbocycles. The smallest absolute Gasteiger partial charge is 0.190 e. The number of nitrogens with one attached hydrogen (secondary N) is 1. The normalized spacial score (nSPS) is 10.8. The average molecular weight is 309 g/mol. The molecule has 3 nitrogen and oxygen atoms in total. The van der Waals surface area contributed by atoms with Gasteiger partial charge in [-0.25, -0.2) is 9.97 Å². The topological polar surface area (TPSA) is 37.8 Å². The Morgan fingerprint density at radius 2 is 1.73 bits per heavy atom. The molecular weight excluding hydrogens is 290 g/mol. The standard InChI is InChI=1S/C18H19N3S/c1-2-22-18-20-16-11-7-6-10-15(16)17(21-18)19-13-12-14-8-4-3-5-9-14/h3-11H,2,12-13H2,1H3,(H,19,20,21). The van der Waals surface area contributed by atoms with E-state index in [1.165, 1.54) is 5.56 Å². The van der Waals surface area contributed by atoms with E-state index in [0.29, 0.717) is 0 Å². The quantitative estimate of drug-likeness (QED) is 0.541. The minimum atomic E-state index is 0.836. The fraction of sp³-hybridized carbons (Fsp3) is 0.222. The number of fused-ring (bicyclic) bond motifs is 1. The predicted molar refractivity (Wildman–Crippen MR) is 94.6 cm³/mol. The third-order valence-corrected chi connectivity index (χ3v) is 4.13. The van der Waals surface area contributed by atoms with Crippen molar-refractivity contribution < 1.29 is 0 Å². The van der Waals surface area contributed by atoms with Crippen LogP contribution in [-0.4, -0.2) is 22.3 Å². The van der Waals surface area contributed by atoms with E-state index in [9.17, 15) is 0 Å². The van der Waals surface area contributed by atoms with Crippen LogP contribution in [0.2, 0.25) is 0 Å². The molecule has 22 heavy (non-hydrogen) atoms. The zero-order valence-corrected chi connectivity index (χ0v) is 13.4. The number of hydrogen-bond acceptors (Lipinski definition) is 4. The number of hydrogen-bond donors (Lipinski definition) is 1. The van der Waals surface area contributed by atoms with Crippen molar-refractivity contribution in [1.29, 1.82) is 0 Å². The van der Waals surface area contributed by atoms with Crippen LogP contribution < -0.4 is 5.32 Å². The van der Waals surface area contributed by atoms with Gasteiger partial charge in [-0.05, 0) is 29.9 Å². The second-order valence-corrected chi connectivity index (χ2v) is 6.20. The third kappa shape index (κ3) is 3.57. The molecule has 1 N–H and O–H groups in total. The lowest BCUT2D eigenvalue weighted by Gasteiger charge is -2.10. The molecule has 0 atom stereocenters. The molecule has 0 amide bonds. The Bertz CT molecular complexity index is 744. The summed E-state index contributed by atoms with van der Waals surface area (Å²) in [5.41, 5.74) is 2.33. The molecule has 3 aromatic rings. The van der Waals surface area contributed by atoms with Crippen LogP contribution in [0.3, 0.4) is 0 Å². The van der Waals surface area contributed by atoms with E-state index in [2.05, 4.69) is 52.5 Å². The first-order valence-electron chi connectivity index (χ1n) is 7.54. The Hall–Kier alpha value is -2.07. The van der Waals surface area contributed by atoms with Gasteiger partial charge in [0.05, 0.1) is 5.52 Å². The van der Waals surface area contributed by atoms with Crippen molar-refractivity contribution in [1.82, 2.24) is 9.97 Å². The van der Waals surface area contributed by atoms with E-state index in [1.807, 2.05) is 24.3 Å². The highest BCUT2D eigenvalue weighted by molar-refractivity contribution is 7.99. The summed E-state index contributed by atoms with van der Waals surface area (Å²) >= 11 is 1.67. The Morgan fingerprint density at radius 3 is 2.55 bits per heavy atom. The molecule has 0 aliphatic rings. The van der Waals surface area contributed by atoms with Crippen molar-refractivity contribution in [3.63, 3.8) is 0 Å². The van der Waals surface area contributed by atoms with Gasteiger partial charge in [-0.1, -0.05) is 61.2 Å². The third-order valence-electron chi connectivity index (χ3n) is 3.41. The minimum absolute atomic E-state index is 0.836. The molecule has 0 spiro atoms. The van der Waals surface area contributed by atoms with Crippen molar-refractivity contribution in [2.75, 3.05) is 17.6 Å². The van der Waals surface area contributed by atoms with Gasteiger partial charge in [0.2, 0.25) is 0 Å². The number of para-hydroxylation sites is 1. The summed E-state index contributed by atoms with van der Waals surface area (Å²) in [7, 11) is 0. The molecule has 1 heterocycles. The van der Waals surface area contributed by atoms with Crippen LogP contribution in [0, 0.1) is 0 Å². The molecular formula is C18H19N3S. The molecule has 0 unspecified atom stereocenters. The lowest BCUT2D eigenvalue weighted by molar-refractivity contribution is 0.963. The minimum Gasteiger partial charge on any atom is -0.369 e. The molecule has 0 saturated heterocycles. The summed E-state index contributed by atoms with van der Waals surface area (Å²) in [6.45, 7) is 2.98. The number of anilines is 1. The maximum Gasteiger partial charge on any atom is 0.190 e. The number of nitrogens with zero attached hydrogens (tertiary/aromatic N) is 2. The highest BCUT2D eigenvalue weighted by Gasteiger charge is 2.07. The van der Waals surface area contributed by atoms with Gasteiger partial charge in [0, 0.05) is 11.9 Å². The first-order valence-corrected chi connectivity index (χ1v) is 8.53. The van der Waals surface area contributed by atoms with E-state index in [1.54, 1.807) is 11.8 Å². The van der Waals surface area contributed by atoms with E-state index in [0.717, 1.165) is 40.6 Å². The zero-order valence-electron chi connectivity index (χ0n) is 12.6. The Morgan fingerprint density at radius 1 is 0.955 bits per heavy atom. The second-order valence-electron chi connectivity index (χ2n) is 4.97. The Labute approximate surface area is 135 Å². The van der Waals surface area contributed by atoms with Crippen molar-refractivity contribution >= 4 is 28.5 Å². The number of rotatable bonds is 6. The maximum absolute atomic E-state index is 4.66. The second kappa shape index (κ2) is 7.27. The van der Waals surface area contributed by atoms with E-state index in [-0.39, 0.29) is 0 Å². The van der Waals surface area contributed by atoms with Crippen LogP contribution >= 0.6 is 11.8 Å². The SMILES string of the molecule is CCSc1nc(NCCc2ccccc2)c2ccccc2n1. The summed E-state index contributed by atoms with van der Waals surface area (Å²) < 4.78 is 0. The molecule has 1 aromatic heterocycles. The van der Waals surface area contributed by atoms with Crippen LogP contribution in [0.25, 0.3) is 10.9 Å². The highest BCUT2D eigenvalue weighted by atomic mass is 32.2. The van der Waals surface area contributed by atoms with Gasteiger partial charge in [-0.15, -0.1) is 0 Å². The van der Waals surface area contributed by atoms with Crippen LogP contribution in [-0.2, 0) is 6.42 Å². The van der Waals surface area contributed by atoms with Gasteiger partial charge in [-0.3, -0.25) is 0 Å². The summed E-state index contributed by atoms with van der Waals surface area (Å²) in [5, 5.41) is 5.39. The molecule has 0 bridgehead atoms. The number of benzene rings is 2. The fourth-order valence-corrected chi connectivity index (χ4v) is 2.93. The van der Waals surface area contributed by atoms with Crippen molar-refractivity contribution in [2.45, 2.75) is 18.5 Å². The lowest BCUT2D eigenvalue weighted by atomic mass is 10.1. The average Bonchev–Trinajstić information content (AvgIpc) is 2.56. The Balaban J connectivity index is 1.79. The van der Waals surface area contributed by atoms with E-state index >= 15 is 0 Å². The molecule has 0 fully saturated rings. The van der Waals surface area contributed by atoms with Crippen LogP contribution in [0.5, 0.6) is 0 Å². The number of aromatic nitrogens is 2. The summed E-state index contributed by atoms with van der Waals surface area (Å²) in [5.74, 6) is 1.90. The van der Waals surface area contributed by atoms with E-state index in [4.69, 9.17) is 0 Å². The molecule has 112 valence electrons. The molecule has 4 heteroatoms. The first kappa shape index (κ1) is 14.9. The maximum atomic E-state index is 4.66. The lowest BCUT2D eigenvalue weighted by Crippen LogP contribution is -2.08.